The summed E-state index contributed by atoms with van der Waals surface area (Å²) in [6, 6.07) is -0.326. The van der Waals surface area contributed by atoms with Crippen LogP contribution in [0.4, 0.5) is 0 Å². The molecule has 1 N–H and O–H groups in total. The highest BCUT2D eigenvalue weighted by molar-refractivity contribution is 5.82. The maximum absolute atomic E-state index is 12.1. The van der Waals surface area contributed by atoms with Gasteiger partial charge in [0.05, 0.1) is 19.2 Å². The van der Waals surface area contributed by atoms with Crippen LogP contribution in [0.25, 0.3) is 0 Å². The molecule has 0 aromatic rings. The van der Waals surface area contributed by atoms with E-state index >= 15 is 0 Å². The standard InChI is InChI=1S/C13H24N2O3/c1-3-18-12(16)10-14-11(2)13(17)15-8-6-4-5-7-9-15/h11,14H,3-10H2,1-2H3. The predicted octanol–water partition coefficient (Wildman–Crippen LogP) is 0.930. The van der Waals surface area contributed by atoms with Crippen molar-refractivity contribution in [3.8, 4) is 0 Å². The fourth-order valence-electron chi connectivity index (χ4n) is 2.10. The van der Waals surface area contributed by atoms with Crippen LogP contribution in [-0.2, 0) is 14.3 Å². The highest BCUT2D eigenvalue weighted by atomic mass is 16.5. The molecule has 0 aromatic heterocycles. The minimum atomic E-state index is -0.326. The van der Waals surface area contributed by atoms with Crippen molar-refractivity contribution in [2.75, 3.05) is 26.2 Å². The molecular formula is C13H24N2O3. The van der Waals surface area contributed by atoms with Crippen molar-refractivity contribution >= 4 is 11.9 Å². The highest BCUT2D eigenvalue weighted by Crippen LogP contribution is 2.10. The van der Waals surface area contributed by atoms with Gasteiger partial charge in [-0.25, -0.2) is 0 Å². The van der Waals surface area contributed by atoms with E-state index in [0.29, 0.717) is 6.61 Å². The Kier molecular flexibility index (Phi) is 6.72. The smallest absolute Gasteiger partial charge is 0.319 e. The fraction of sp³-hybridized carbons (Fsp3) is 0.846. The Hall–Kier alpha value is -1.10. The molecule has 5 nitrogen and oxygen atoms in total. The Balaban J connectivity index is 2.33. The van der Waals surface area contributed by atoms with Gasteiger partial charge >= 0.3 is 5.97 Å². The molecule has 0 spiro atoms. The molecule has 104 valence electrons. The van der Waals surface area contributed by atoms with Crippen LogP contribution in [0.5, 0.6) is 0 Å². The Morgan fingerprint density at radius 1 is 1.22 bits per heavy atom. The van der Waals surface area contributed by atoms with Gasteiger partial charge in [0.1, 0.15) is 0 Å². The highest BCUT2D eigenvalue weighted by Gasteiger charge is 2.21. The van der Waals surface area contributed by atoms with Crippen molar-refractivity contribution in [1.82, 2.24) is 10.2 Å². The van der Waals surface area contributed by atoms with E-state index in [1.165, 1.54) is 12.8 Å². The van der Waals surface area contributed by atoms with Gasteiger partial charge in [-0.1, -0.05) is 12.8 Å². The number of carbonyl (C=O) groups is 2. The first-order valence-electron chi connectivity index (χ1n) is 6.83. The molecule has 1 heterocycles. The fourth-order valence-corrected chi connectivity index (χ4v) is 2.10. The second-order valence-corrected chi connectivity index (χ2v) is 4.65. The number of ether oxygens (including phenoxy) is 1. The van der Waals surface area contributed by atoms with Crippen LogP contribution < -0.4 is 5.32 Å². The number of amides is 1. The average molecular weight is 256 g/mol. The van der Waals surface area contributed by atoms with Gasteiger partial charge < -0.3 is 9.64 Å². The van der Waals surface area contributed by atoms with E-state index < -0.39 is 0 Å². The van der Waals surface area contributed by atoms with Gasteiger partial charge in [-0.3, -0.25) is 14.9 Å². The maximum atomic E-state index is 12.1. The summed E-state index contributed by atoms with van der Waals surface area (Å²) in [5.41, 5.74) is 0. The van der Waals surface area contributed by atoms with Crippen LogP contribution in [0.3, 0.4) is 0 Å². The largest absolute Gasteiger partial charge is 0.465 e. The quantitative estimate of drug-likeness (QED) is 0.743. The van der Waals surface area contributed by atoms with E-state index in [1.54, 1.807) is 13.8 Å². The van der Waals surface area contributed by atoms with Crippen molar-refractivity contribution in [3.05, 3.63) is 0 Å². The normalized spacial score (nSPS) is 18.0. The summed E-state index contributed by atoms with van der Waals surface area (Å²) in [6.07, 6.45) is 4.56. The molecule has 5 heteroatoms. The number of nitrogens with one attached hydrogen (secondary N) is 1. The first-order chi connectivity index (χ1) is 8.65. The van der Waals surface area contributed by atoms with Crippen molar-refractivity contribution in [1.29, 1.82) is 0 Å². The lowest BCUT2D eigenvalue weighted by atomic mass is 10.2. The molecule has 0 aromatic carbocycles. The van der Waals surface area contributed by atoms with Gasteiger partial charge in [0.2, 0.25) is 5.91 Å². The first-order valence-corrected chi connectivity index (χ1v) is 6.83. The monoisotopic (exact) mass is 256 g/mol. The zero-order valence-corrected chi connectivity index (χ0v) is 11.4. The summed E-state index contributed by atoms with van der Waals surface area (Å²) in [5, 5.41) is 2.92. The number of nitrogens with zero attached hydrogens (tertiary/aromatic N) is 1. The zero-order chi connectivity index (χ0) is 13.4. The van der Waals surface area contributed by atoms with E-state index in [1.807, 2.05) is 4.90 Å². The molecule has 1 saturated heterocycles. The third-order valence-corrected chi connectivity index (χ3v) is 3.15. The van der Waals surface area contributed by atoms with Gasteiger partial charge in [-0.15, -0.1) is 0 Å². The lowest BCUT2D eigenvalue weighted by Gasteiger charge is -2.24. The maximum Gasteiger partial charge on any atom is 0.319 e. The molecule has 0 bridgehead atoms. The van der Waals surface area contributed by atoms with Crippen LogP contribution in [0.1, 0.15) is 39.5 Å². The van der Waals surface area contributed by atoms with E-state index in [-0.39, 0.29) is 24.5 Å². The van der Waals surface area contributed by atoms with Crippen LogP contribution in [0, 0.1) is 0 Å². The van der Waals surface area contributed by atoms with E-state index in [2.05, 4.69) is 5.32 Å². The summed E-state index contributed by atoms with van der Waals surface area (Å²) in [4.78, 5) is 25.2. The molecule has 0 radical (unpaired) electrons. The lowest BCUT2D eigenvalue weighted by molar-refractivity contribution is -0.142. The summed E-state index contributed by atoms with van der Waals surface area (Å²) in [7, 11) is 0. The molecular weight excluding hydrogens is 232 g/mol. The van der Waals surface area contributed by atoms with Gasteiger partial charge in [-0.05, 0) is 26.7 Å². The number of likely N-dealkylation sites (tertiary alicyclic amines) is 1. The van der Waals surface area contributed by atoms with Gasteiger partial charge in [0.15, 0.2) is 0 Å². The van der Waals surface area contributed by atoms with Gasteiger partial charge in [0, 0.05) is 13.1 Å². The average Bonchev–Trinajstić information content (AvgIpc) is 2.64. The van der Waals surface area contributed by atoms with E-state index in [0.717, 1.165) is 25.9 Å². The van der Waals surface area contributed by atoms with Gasteiger partial charge in [-0.2, -0.15) is 0 Å². The van der Waals surface area contributed by atoms with Crippen molar-refractivity contribution < 1.29 is 14.3 Å². The number of esters is 1. The van der Waals surface area contributed by atoms with Crippen LogP contribution in [-0.4, -0.2) is 49.1 Å². The molecule has 1 fully saturated rings. The third kappa shape index (κ3) is 5.04. The van der Waals surface area contributed by atoms with Crippen molar-refractivity contribution in [2.24, 2.45) is 0 Å². The Morgan fingerprint density at radius 2 is 1.83 bits per heavy atom. The van der Waals surface area contributed by atoms with E-state index in [9.17, 15) is 9.59 Å². The summed E-state index contributed by atoms with van der Waals surface area (Å²) < 4.78 is 4.81. The van der Waals surface area contributed by atoms with E-state index in [4.69, 9.17) is 4.74 Å². The SMILES string of the molecule is CCOC(=O)CNC(C)C(=O)N1CCCCCC1. The predicted molar refractivity (Wildman–Crippen MR) is 69.1 cm³/mol. The summed E-state index contributed by atoms with van der Waals surface area (Å²) in [6.45, 7) is 5.70. The second kappa shape index (κ2) is 8.08. The third-order valence-electron chi connectivity index (χ3n) is 3.15. The zero-order valence-electron chi connectivity index (χ0n) is 11.4. The topological polar surface area (TPSA) is 58.6 Å². The number of hydrogen-bond donors (Lipinski definition) is 1. The van der Waals surface area contributed by atoms with Crippen LogP contribution >= 0.6 is 0 Å². The minimum absolute atomic E-state index is 0.0844. The number of rotatable bonds is 5. The van der Waals surface area contributed by atoms with Crippen molar-refractivity contribution in [3.63, 3.8) is 0 Å². The van der Waals surface area contributed by atoms with Crippen molar-refractivity contribution in [2.45, 2.75) is 45.6 Å². The molecule has 1 rings (SSSR count). The van der Waals surface area contributed by atoms with Crippen LogP contribution in [0.2, 0.25) is 0 Å². The molecule has 1 unspecified atom stereocenters. The lowest BCUT2D eigenvalue weighted by Crippen LogP contribution is -2.46. The molecule has 18 heavy (non-hydrogen) atoms. The first kappa shape index (κ1) is 15.0. The van der Waals surface area contributed by atoms with Gasteiger partial charge in [0.25, 0.3) is 0 Å². The minimum Gasteiger partial charge on any atom is -0.465 e. The molecule has 1 amide bonds. The Labute approximate surface area is 109 Å². The number of carbonyl (C=O) groups excluding carboxylic acids is 2. The summed E-state index contributed by atoms with van der Waals surface area (Å²) >= 11 is 0. The Bertz CT molecular complexity index is 273. The molecule has 0 saturated carbocycles. The second-order valence-electron chi connectivity index (χ2n) is 4.65. The molecule has 1 aliphatic rings. The molecule has 1 aliphatic heterocycles. The number of hydrogen-bond acceptors (Lipinski definition) is 4. The summed E-state index contributed by atoms with van der Waals surface area (Å²) in [5.74, 6) is -0.228. The molecule has 1 atom stereocenters. The Morgan fingerprint density at radius 3 is 2.39 bits per heavy atom. The molecule has 0 aliphatic carbocycles. The van der Waals surface area contributed by atoms with Crippen LogP contribution in [0.15, 0.2) is 0 Å².